The van der Waals surface area contributed by atoms with E-state index in [0.29, 0.717) is 12.5 Å². The molecule has 1 aromatic heterocycles. The van der Waals surface area contributed by atoms with Gasteiger partial charge in [0.2, 0.25) is 5.89 Å². The van der Waals surface area contributed by atoms with Gasteiger partial charge in [0.05, 0.1) is 12.2 Å². The molecule has 0 fully saturated rings. The monoisotopic (exact) mass is 268 g/mol. The molecule has 0 aliphatic heterocycles. The fourth-order valence-electron chi connectivity index (χ4n) is 2.10. The second kappa shape index (κ2) is 5.75. The van der Waals surface area contributed by atoms with Gasteiger partial charge < -0.3 is 14.5 Å². The van der Waals surface area contributed by atoms with E-state index >= 15 is 0 Å². The van der Waals surface area contributed by atoms with Crippen LogP contribution in [0, 0.1) is 0 Å². The third-order valence-electron chi connectivity index (χ3n) is 3.07. The van der Waals surface area contributed by atoms with Gasteiger partial charge in [0, 0.05) is 19.3 Å². The number of para-hydroxylation sites is 3. The van der Waals surface area contributed by atoms with Crippen LogP contribution in [0.4, 0.5) is 5.69 Å². The lowest BCUT2D eigenvalue weighted by atomic mass is 10.2. The van der Waals surface area contributed by atoms with Crippen LogP contribution in [0.25, 0.3) is 22.6 Å². The highest BCUT2D eigenvalue weighted by Gasteiger charge is 2.11. The number of methoxy groups -OCH3 is 1. The molecular formula is C16H16N2O2. The van der Waals surface area contributed by atoms with Gasteiger partial charge in [-0.25, -0.2) is 4.98 Å². The zero-order valence-corrected chi connectivity index (χ0v) is 11.3. The molecule has 1 N–H and O–H groups in total. The Labute approximate surface area is 117 Å². The average molecular weight is 268 g/mol. The van der Waals surface area contributed by atoms with Crippen LogP contribution in [0.2, 0.25) is 0 Å². The quantitative estimate of drug-likeness (QED) is 0.719. The van der Waals surface area contributed by atoms with E-state index in [4.69, 9.17) is 9.15 Å². The minimum Gasteiger partial charge on any atom is -0.436 e. The fraction of sp³-hybridized carbons (Fsp3) is 0.188. The number of anilines is 1. The molecule has 3 rings (SSSR count). The van der Waals surface area contributed by atoms with E-state index in [0.717, 1.165) is 28.9 Å². The highest BCUT2D eigenvalue weighted by atomic mass is 16.5. The number of oxazole rings is 1. The molecular weight excluding hydrogens is 252 g/mol. The Bertz CT molecular complexity index is 673. The van der Waals surface area contributed by atoms with Crippen LogP contribution in [-0.4, -0.2) is 25.2 Å². The number of nitrogens with zero attached hydrogens (tertiary/aromatic N) is 1. The second-order valence-corrected chi connectivity index (χ2v) is 4.45. The normalized spacial score (nSPS) is 10.8. The van der Waals surface area contributed by atoms with Crippen molar-refractivity contribution in [3.05, 3.63) is 48.5 Å². The van der Waals surface area contributed by atoms with Gasteiger partial charge in [-0.15, -0.1) is 0 Å². The summed E-state index contributed by atoms with van der Waals surface area (Å²) in [5, 5.41) is 3.33. The van der Waals surface area contributed by atoms with Crippen molar-refractivity contribution in [1.29, 1.82) is 0 Å². The van der Waals surface area contributed by atoms with Crippen LogP contribution in [0.5, 0.6) is 0 Å². The summed E-state index contributed by atoms with van der Waals surface area (Å²) in [6.45, 7) is 1.40. The van der Waals surface area contributed by atoms with E-state index in [9.17, 15) is 0 Å². The van der Waals surface area contributed by atoms with Crippen molar-refractivity contribution in [2.24, 2.45) is 0 Å². The van der Waals surface area contributed by atoms with Crippen LogP contribution >= 0.6 is 0 Å². The first-order valence-corrected chi connectivity index (χ1v) is 6.56. The first-order valence-electron chi connectivity index (χ1n) is 6.56. The van der Waals surface area contributed by atoms with Crippen molar-refractivity contribution < 1.29 is 9.15 Å². The molecule has 0 amide bonds. The molecule has 102 valence electrons. The molecule has 0 atom stereocenters. The Hall–Kier alpha value is -2.33. The van der Waals surface area contributed by atoms with E-state index < -0.39 is 0 Å². The van der Waals surface area contributed by atoms with Gasteiger partial charge >= 0.3 is 0 Å². The summed E-state index contributed by atoms with van der Waals surface area (Å²) in [5.41, 5.74) is 3.62. The molecule has 0 spiro atoms. The lowest BCUT2D eigenvalue weighted by molar-refractivity contribution is 0.211. The molecule has 2 aromatic carbocycles. The number of benzene rings is 2. The highest BCUT2D eigenvalue weighted by molar-refractivity contribution is 5.80. The third kappa shape index (κ3) is 2.51. The molecule has 20 heavy (non-hydrogen) atoms. The van der Waals surface area contributed by atoms with Crippen molar-refractivity contribution in [2.45, 2.75) is 0 Å². The lowest BCUT2D eigenvalue weighted by Gasteiger charge is -2.09. The summed E-state index contributed by atoms with van der Waals surface area (Å²) >= 11 is 0. The Morgan fingerprint density at radius 2 is 1.90 bits per heavy atom. The minimum absolute atomic E-state index is 0.631. The number of rotatable bonds is 5. The van der Waals surface area contributed by atoms with Crippen LogP contribution in [0.15, 0.2) is 52.9 Å². The molecule has 4 nitrogen and oxygen atoms in total. The number of aromatic nitrogens is 1. The van der Waals surface area contributed by atoms with E-state index in [1.165, 1.54) is 0 Å². The first-order chi connectivity index (χ1) is 9.88. The molecule has 0 radical (unpaired) electrons. The molecule has 0 bridgehead atoms. The number of nitrogens with one attached hydrogen (secondary N) is 1. The molecule has 0 saturated carbocycles. The van der Waals surface area contributed by atoms with Crippen molar-refractivity contribution in [1.82, 2.24) is 4.98 Å². The third-order valence-corrected chi connectivity index (χ3v) is 3.07. The van der Waals surface area contributed by atoms with E-state index in [2.05, 4.69) is 10.3 Å². The fourth-order valence-corrected chi connectivity index (χ4v) is 2.10. The Kier molecular flexibility index (Phi) is 3.65. The SMILES string of the molecule is COCCNc1ccccc1-c1nc2ccccc2o1. The molecule has 0 aliphatic carbocycles. The zero-order chi connectivity index (χ0) is 13.8. The maximum Gasteiger partial charge on any atom is 0.229 e. The second-order valence-electron chi connectivity index (χ2n) is 4.45. The van der Waals surface area contributed by atoms with Crippen LogP contribution in [0.3, 0.4) is 0 Å². The predicted octanol–water partition coefficient (Wildman–Crippen LogP) is 3.55. The Balaban J connectivity index is 1.96. The smallest absolute Gasteiger partial charge is 0.229 e. The summed E-state index contributed by atoms with van der Waals surface area (Å²) in [5.74, 6) is 0.631. The van der Waals surface area contributed by atoms with Crippen molar-refractivity contribution in [2.75, 3.05) is 25.6 Å². The van der Waals surface area contributed by atoms with Gasteiger partial charge in [-0.05, 0) is 24.3 Å². The Morgan fingerprint density at radius 1 is 1.10 bits per heavy atom. The van der Waals surface area contributed by atoms with Gasteiger partial charge in [-0.2, -0.15) is 0 Å². The molecule has 0 unspecified atom stereocenters. The molecule has 0 aliphatic rings. The lowest BCUT2D eigenvalue weighted by Crippen LogP contribution is -2.08. The molecule has 1 heterocycles. The predicted molar refractivity (Wildman–Crippen MR) is 79.8 cm³/mol. The largest absolute Gasteiger partial charge is 0.436 e. The number of ether oxygens (including phenoxy) is 1. The summed E-state index contributed by atoms with van der Waals surface area (Å²) in [6, 6.07) is 15.8. The maximum atomic E-state index is 5.82. The number of hydrogen-bond acceptors (Lipinski definition) is 4. The molecule has 0 saturated heterocycles. The standard InChI is InChI=1S/C16H16N2O2/c1-19-11-10-17-13-7-3-2-6-12(13)16-18-14-8-4-5-9-15(14)20-16/h2-9,17H,10-11H2,1H3. The molecule has 4 heteroatoms. The van der Waals surface area contributed by atoms with Crippen LogP contribution < -0.4 is 5.32 Å². The highest BCUT2D eigenvalue weighted by Crippen LogP contribution is 2.29. The van der Waals surface area contributed by atoms with Crippen LogP contribution in [0.1, 0.15) is 0 Å². The minimum atomic E-state index is 0.631. The van der Waals surface area contributed by atoms with Crippen molar-refractivity contribution in [3.8, 4) is 11.5 Å². The molecule has 3 aromatic rings. The van der Waals surface area contributed by atoms with E-state index in [-0.39, 0.29) is 0 Å². The van der Waals surface area contributed by atoms with E-state index in [1.54, 1.807) is 7.11 Å². The van der Waals surface area contributed by atoms with Gasteiger partial charge in [-0.1, -0.05) is 24.3 Å². The van der Waals surface area contributed by atoms with Crippen molar-refractivity contribution >= 4 is 16.8 Å². The maximum absolute atomic E-state index is 5.82. The van der Waals surface area contributed by atoms with Crippen LogP contribution in [-0.2, 0) is 4.74 Å². The van der Waals surface area contributed by atoms with E-state index in [1.807, 2.05) is 48.5 Å². The van der Waals surface area contributed by atoms with Gasteiger partial charge in [-0.3, -0.25) is 0 Å². The summed E-state index contributed by atoms with van der Waals surface area (Å²) in [4.78, 5) is 4.53. The summed E-state index contributed by atoms with van der Waals surface area (Å²) in [6.07, 6.45) is 0. The summed E-state index contributed by atoms with van der Waals surface area (Å²) < 4.78 is 10.9. The average Bonchev–Trinajstić information content (AvgIpc) is 2.92. The first kappa shape index (κ1) is 12.7. The van der Waals surface area contributed by atoms with Gasteiger partial charge in [0.1, 0.15) is 5.52 Å². The summed E-state index contributed by atoms with van der Waals surface area (Å²) in [7, 11) is 1.69. The Morgan fingerprint density at radius 3 is 2.75 bits per heavy atom. The number of hydrogen-bond donors (Lipinski definition) is 1. The zero-order valence-electron chi connectivity index (χ0n) is 11.3. The number of fused-ring (bicyclic) bond motifs is 1. The van der Waals surface area contributed by atoms with Crippen molar-refractivity contribution in [3.63, 3.8) is 0 Å². The van der Waals surface area contributed by atoms with Gasteiger partial charge in [0.25, 0.3) is 0 Å². The van der Waals surface area contributed by atoms with Gasteiger partial charge in [0.15, 0.2) is 5.58 Å². The topological polar surface area (TPSA) is 47.3 Å².